The summed E-state index contributed by atoms with van der Waals surface area (Å²) in [7, 11) is -3.97. The van der Waals surface area contributed by atoms with E-state index in [0.717, 1.165) is 11.1 Å². The third-order valence-electron chi connectivity index (χ3n) is 2.69. The first-order chi connectivity index (χ1) is 10.3. The van der Waals surface area contributed by atoms with Crippen molar-refractivity contribution in [1.82, 2.24) is 9.82 Å². The minimum absolute atomic E-state index is 0.226. The largest absolute Gasteiger partial charge is 0.276 e. The molecule has 1 aromatic heterocycles. The van der Waals surface area contributed by atoms with Gasteiger partial charge in [0.05, 0.1) is 26.7 Å². The zero-order valence-corrected chi connectivity index (χ0v) is 13.3. The third-order valence-corrected chi connectivity index (χ3v) is 4.71. The summed E-state index contributed by atoms with van der Waals surface area (Å²) in [5.74, 6) is 0. The molecular formula is C12H12N4O4S2. The Morgan fingerprint density at radius 1 is 1.41 bits per heavy atom. The first-order valence-corrected chi connectivity index (χ1v) is 8.38. The Hall–Kier alpha value is -2.33. The van der Waals surface area contributed by atoms with Gasteiger partial charge in [0.2, 0.25) is 0 Å². The van der Waals surface area contributed by atoms with Crippen LogP contribution in [0.25, 0.3) is 0 Å². The van der Waals surface area contributed by atoms with Gasteiger partial charge in [-0.05, 0) is 19.9 Å². The summed E-state index contributed by atoms with van der Waals surface area (Å²) in [6.07, 6.45) is 1.27. The molecule has 0 aliphatic rings. The number of nitrogens with one attached hydrogen (secondary N) is 1. The van der Waals surface area contributed by atoms with Crippen LogP contribution in [0.2, 0.25) is 0 Å². The van der Waals surface area contributed by atoms with Crippen molar-refractivity contribution in [2.45, 2.75) is 18.7 Å². The van der Waals surface area contributed by atoms with E-state index in [1.807, 2.05) is 11.8 Å². The third kappa shape index (κ3) is 3.65. The number of hydrogen-bond donors (Lipinski definition) is 1. The van der Waals surface area contributed by atoms with Crippen molar-refractivity contribution in [3.63, 3.8) is 0 Å². The van der Waals surface area contributed by atoms with Gasteiger partial charge in [0.15, 0.2) is 0 Å². The second-order valence-corrected chi connectivity index (χ2v) is 7.07. The average molecular weight is 340 g/mol. The van der Waals surface area contributed by atoms with E-state index in [9.17, 15) is 18.5 Å². The van der Waals surface area contributed by atoms with E-state index in [1.165, 1.54) is 36.6 Å². The standard InChI is InChI=1S/C12H12N4O4S2/c1-8-3-4-11(5-12(8)16(17)18)22(19,20)15-13-6-10-7-21-9(2)14-10/h3-7,15H,1-2H3/b13-6-. The minimum Gasteiger partial charge on any atom is -0.258 e. The van der Waals surface area contributed by atoms with E-state index in [0.29, 0.717) is 11.3 Å². The zero-order chi connectivity index (χ0) is 16.3. The summed E-state index contributed by atoms with van der Waals surface area (Å²) in [6.45, 7) is 3.35. The highest BCUT2D eigenvalue weighted by atomic mass is 32.2. The Morgan fingerprint density at radius 3 is 2.73 bits per heavy atom. The molecular weight excluding hydrogens is 328 g/mol. The van der Waals surface area contributed by atoms with Gasteiger partial charge in [0, 0.05) is 17.0 Å². The summed E-state index contributed by atoms with van der Waals surface area (Å²) in [5, 5.41) is 17.0. The van der Waals surface area contributed by atoms with Gasteiger partial charge in [-0.25, -0.2) is 4.98 Å². The van der Waals surface area contributed by atoms with Crippen molar-refractivity contribution in [2.24, 2.45) is 5.10 Å². The van der Waals surface area contributed by atoms with Gasteiger partial charge in [-0.1, -0.05) is 6.07 Å². The molecule has 0 unspecified atom stereocenters. The Balaban J connectivity index is 2.22. The number of thiazole rings is 1. The van der Waals surface area contributed by atoms with Gasteiger partial charge in [0.25, 0.3) is 15.7 Å². The van der Waals surface area contributed by atoms with Gasteiger partial charge < -0.3 is 0 Å². The second kappa shape index (κ2) is 6.20. The highest BCUT2D eigenvalue weighted by Crippen LogP contribution is 2.21. The molecule has 1 N–H and O–H groups in total. The number of sulfonamides is 1. The van der Waals surface area contributed by atoms with Crippen molar-refractivity contribution >= 4 is 33.3 Å². The van der Waals surface area contributed by atoms with Crippen molar-refractivity contribution in [1.29, 1.82) is 0 Å². The molecule has 0 amide bonds. The van der Waals surface area contributed by atoms with E-state index in [4.69, 9.17) is 0 Å². The normalized spacial score (nSPS) is 11.7. The molecule has 0 saturated heterocycles. The lowest BCUT2D eigenvalue weighted by atomic mass is 10.2. The monoisotopic (exact) mass is 340 g/mol. The quantitative estimate of drug-likeness (QED) is 0.508. The predicted molar refractivity (Wildman–Crippen MR) is 82.6 cm³/mol. The molecule has 2 aromatic rings. The Bertz CT molecular complexity index is 843. The lowest BCUT2D eigenvalue weighted by Crippen LogP contribution is -2.18. The summed E-state index contributed by atoms with van der Waals surface area (Å²) in [4.78, 5) is 16.1. The van der Waals surface area contributed by atoms with Crippen LogP contribution in [0, 0.1) is 24.0 Å². The van der Waals surface area contributed by atoms with Crippen LogP contribution in [-0.2, 0) is 10.0 Å². The van der Waals surface area contributed by atoms with Crippen molar-refractivity contribution in [2.75, 3.05) is 0 Å². The first kappa shape index (κ1) is 16.0. The fourth-order valence-corrected chi connectivity index (χ4v) is 2.98. The van der Waals surface area contributed by atoms with Crippen LogP contribution >= 0.6 is 11.3 Å². The smallest absolute Gasteiger partial charge is 0.258 e. The molecule has 0 saturated carbocycles. The number of benzene rings is 1. The summed E-state index contributed by atoms with van der Waals surface area (Å²) < 4.78 is 24.1. The van der Waals surface area contributed by atoms with Crippen LogP contribution in [0.1, 0.15) is 16.3 Å². The number of aryl methyl sites for hydroxylation is 2. The van der Waals surface area contributed by atoms with E-state index < -0.39 is 14.9 Å². The number of hydrogen-bond acceptors (Lipinski definition) is 7. The molecule has 10 heteroatoms. The van der Waals surface area contributed by atoms with Crippen LogP contribution in [0.4, 0.5) is 5.69 Å². The summed E-state index contributed by atoms with van der Waals surface area (Å²) >= 11 is 1.41. The molecule has 2 rings (SSSR count). The molecule has 8 nitrogen and oxygen atoms in total. The van der Waals surface area contributed by atoms with Gasteiger partial charge >= 0.3 is 0 Å². The molecule has 0 spiro atoms. The summed E-state index contributed by atoms with van der Waals surface area (Å²) in [5.41, 5.74) is 0.646. The second-order valence-electron chi connectivity index (χ2n) is 4.35. The molecule has 22 heavy (non-hydrogen) atoms. The maximum Gasteiger partial charge on any atom is 0.276 e. The van der Waals surface area contributed by atoms with Crippen LogP contribution < -0.4 is 4.83 Å². The van der Waals surface area contributed by atoms with E-state index in [-0.39, 0.29) is 10.6 Å². The molecule has 0 aliphatic heterocycles. The maximum absolute atomic E-state index is 12.0. The van der Waals surface area contributed by atoms with Gasteiger partial charge in [0.1, 0.15) is 0 Å². The number of rotatable bonds is 5. The van der Waals surface area contributed by atoms with Crippen molar-refractivity contribution in [3.8, 4) is 0 Å². The topological polar surface area (TPSA) is 115 Å². The van der Waals surface area contributed by atoms with Gasteiger partial charge in [-0.3, -0.25) is 10.1 Å². The van der Waals surface area contributed by atoms with Crippen LogP contribution in [0.15, 0.2) is 33.6 Å². The first-order valence-electron chi connectivity index (χ1n) is 6.01. The molecule has 0 bridgehead atoms. The fraction of sp³-hybridized carbons (Fsp3) is 0.167. The Labute approximate surface area is 130 Å². The van der Waals surface area contributed by atoms with E-state index >= 15 is 0 Å². The fourth-order valence-electron chi connectivity index (χ4n) is 1.61. The highest BCUT2D eigenvalue weighted by molar-refractivity contribution is 7.89. The van der Waals surface area contributed by atoms with E-state index in [1.54, 1.807) is 5.38 Å². The van der Waals surface area contributed by atoms with Gasteiger partial charge in [-0.15, -0.1) is 11.3 Å². The molecule has 116 valence electrons. The minimum atomic E-state index is -3.97. The van der Waals surface area contributed by atoms with E-state index in [2.05, 4.69) is 10.1 Å². The maximum atomic E-state index is 12.0. The number of hydrazone groups is 1. The number of nitro benzene ring substituents is 1. The molecule has 1 aromatic carbocycles. The highest BCUT2D eigenvalue weighted by Gasteiger charge is 2.19. The summed E-state index contributed by atoms with van der Waals surface area (Å²) in [6, 6.07) is 3.66. The lowest BCUT2D eigenvalue weighted by Gasteiger charge is -2.04. The SMILES string of the molecule is Cc1nc(/C=N\NS(=O)(=O)c2ccc(C)c([N+](=O)[O-])c2)cs1. The zero-order valence-electron chi connectivity index (χ0n) is 11.7. The predicted octanol–water partition coefficient (Wildman–Crippen LogP) is 1.98. The number of nitrogens with zero attached hydrogens (tertiary/aromatic N) is 3. The average Bonchev–Trinajstić information content (AvgIpc) is 2.84. The molecule has 0 fully saturated rings. The Morgan fingerprint density at radius 2 is 2.14 bits per heavy atom. The van der Waals surface area contributed by atoms with Crippen molar-refractivity contribution in [3.05, 3.63) is 50.0 Å². The van der Waals surface area contributed by atoms with Crippen molar-refractivity contribution < 1.29 is 13.3 Å². The van der Waals surface area contributed by atoms with Crippen LogP contribution in [0.5, 0.6) is 0 Å². The number of nitro groups is 1. The lowest BCUT2D eigenvalue weighted by molar-refractivity contribution is -0.385. The van der Waals surface area contributed by atoms with Crippen LogP contribution in [-0.4, -0.2) is 24.5 Å². The molecule has 0 aliphatic carbocycles. The Kier molecular flexibility index (Phi) is 4.52. The molecule has 0 atom stereocenters. The van der Waals surface area contributed by atoms with Gasteiger partial charge in [-0.2, -0.15) is 18.4 Å². The van der Waals surface area contributed by atoms with Crippen LogP contribution in [0.3, 0.4) is 0 Å². The molecule has 0 radical (unpaired) electrons. The molecule has 1 heterocycles. The number of aromatic nitrogens is 1.